The van der Waals surface area contributed by atoms with Gasteiger partial charge in [0.15, 0.2) is 11.5 Å². The van der Waals surface area contributed by atoms with Gasteiger partial charge in [-0.1, -0.05) is 18.2 Å². The molecule has 1 spiro atoms. The number of anilines is 1. The fourth-order valence-electron chi connectivity index (χ4n) is 4.93. The van der Waals surface area contributed by atoms with Crippen LogP contribution in [0.1, 0.15) is 22.5 Å². The number of halogens is 3. The van der Waals surface area contributed by atoms with Crippen molar-refractivity contribution in [1.82, 2.24) is 0 Å². The molecule has 9 heteroatoms. The standard InChI is InChI=1S/C22H13F3N2O4/c23-22(24,25)18-5-11-8-27-14-4-2-1-3-12(14)21(20(27)26-19(11)31-18)9-28-15-7-17-16(6-13(15)21)29-10-30-17/h1-7H,8-10H2. The highest BCUT2D eigenvalue weighted by atomic mass is 19.4. The number of nitrogens with zero attached hydrogens (tertiary/aromatic N) is 2. The first-order valence-corrected chi connectivity index (χ1v) is 9.68. The lowest BCUT2D eigenvalue weighted by molar-refractivity contribution is -0.152. The van der Waals surface area contributed by atoms with E-state index in [1.165, 1.54) is 0 Å². The number of para-hydroxylation sites is 1. The summed E-state index contributed by atoms with van der Waals surface area (Å²) in [6.45, 7) is 0.622. The number of hydrogen-bond donors (Lipinski definition) is 0. The molecule has 3 aromatic rings. The fourth-order valence-corrected chi connectivity index (χ4v) is 4.93. The van der Waals surface area contributed by atoms with Crippen LogP contribution in [-0.2, 0) is 18.1 Å². The molecule has 2 aromatic carbocycles. The Hall–Kier alpha value is -3.62. The molecule has 0 aliphatic carbocycles. The average molecular weight is 426 g/mol. The summed E-state index contributed by atoms with van der Waals surface area (Å²) >= 11 is 0. The Morgan fingerprint density at radius 2 is 1.74 bits per heavy atom. The lowest BCUT2D eigenvalue weighted by Crippen LogP contribution is -2.43. The van der Waals surface area contributed by atoms with Gasteiger partial charge in [0.25, 0.3) is 0 Å². The van der Waals surface area contributed by atoms with E-state index in [1.54, 1.807) is 6.07 Å². The van der Waals surface area contributed by atoms with E-state index in [-0.39, 0.29) is 25.8 Å². The summed E-state index contributed by atoms with van der Waals surface area (Å²) in [6, 6.07) is 12.5. The van der Waals surface area contributed by atoms with Gasteiger partial charge in [0.05, 0.1) is 6.54 Å². The van der Waals surface area contributed by atoms with E-state index in [0.29, 0.717) is 28.6 Å². The van der Waals surface area contributed by atoms with E-state index in [2.05, 4.69) is 4.99 Å². The number of hydrogen-bond acceptors (Lipinski definition) is 6. The SMILES string of the molecule is FC(F)(F)c1cc2c(o1)N=C1N(C2)c2ccccc2C12COc1cc3c(cc12)OCO3. The lowest BCUT2D eigenvalue weighted by Gasteiger charge is -2.29. The number of alkyl halides is 3. The van der Waals surface area contributed by atoms with Gasteiger partial charge in [-0.05, 0) is 23.8 Å². The molecule has 1 unspecified atom stereocenters. The molecule has 0 saturated heterocycles. The van der Waals surface area contributed by atoms with Crippen LogP contribution in [0.2, 0.25) is 0 Å². The normalized spacial score (nSPS) is 22.0. The van der Waals surface area contributed by atoms with E-state index in [9.17, 15) is 13.2 Å². The molecule has 0 bridgehead atoms. The van der Waals surface area contributed by atoms with Crippen LogP contribution in [0.15, 0.2) is 51.9 Å². The van der Waals surface area contributed by atoms with Crippen molar-refractivity contribution in [2.75, 3.05) is 18.3 Å². The number of amidine groups is 1. The first kappa shape index (κ1) is 17.1. The highest BCUT2D eigenvalue weighted by molar-refractivity contribution is 6.16. The molecule has 4 aliphatic heterocycles. The van der Waals surface area contributed by atoms with Crippen LogP contribution in [0.3, 0.4) is 0 Å². The molecule has 0 amide bonds. The number of furan rings is 1. The molecule has 1 aromatic heterocycles. The minimum atomic E-state index is -4.57. The van der Waals surface area contributed by atoms with Crippen LogP contribution in [-0.4, -0.2) is 19.2 Å². The Kier molecular flexibility index (Phi) is 2.95. The van der Waals surface area contributed by atoms with E-state index in [0.717, 1.165) is 22.9 Å². The molecule has 0 radical (unpaired) electrons. The number of rotatable bonds is 0. The van der Waals surface area contributed by atoms with E-state index in [1.807, 2.05) is 35.2 Å². The summed E-state index contributed by atoms with van der Waals surface area (Å²) in [5.41, 5.74) is 2.32. The highest BCUT2D eigenvalue weighted by Crippen LogP contribution is 2.57. The Bertz CT molecular complexity index is 1310. The number of ether oxygens (including phenoxy) is 3. The van der Waals surface area contributed by atoms with E-state index in [4.69, 9.17) is 18.6 Å². The maximum atomic E-state index is 13.2. The molecule has 6 nitrogen and oxygen atoms in total. The lowest BCUT2D eigenvalue weighted by atomic mass is 9.76. The minimum Gasteiger partial charge on any atom is -0.491 e. The van der Waals surface area contributed by atoms with Crippen LogP contribution in [0.25, 0.3) is 0 Å². The third kappa shape index (κ3) is 2.05. The third-order valence-corrected chi connectivity index (χ3v) is 6.27. The molecule has 0 fully saturated rings. The maximum absolute atomic E-state index is 13.2. The van der Waals surface area contributed by atoms with Gasteiger partial charge in [0.1, 0.15) is 23.6 Å². The Morgan fingerprint density at radius 3 is 2.58 bits per heavy atom. The van der Waals surface area contributed by atoms with Gasteiger partial charge in [-0.3, -0.25) is 0 Å². The molecule has 5 heterocycles. The monoisotopic (exact) mass is 426 g/mol. The smallest absolute Gasteiger partial charge is 0.449 e. The van der Waals surface area contributed by atoms with E-state index >= 15 is 0 Å². The molecule has 0 N–H and O–H groups in total. The molecular weight excluding hydrogens is 413 g/mol. The zero-order chi connectivity index (χ0) is 21.0. The summed E-state index contributed by atoms with van der Waals surface area (Å²) in [5.74, 6) is 1.38. The number of fused-ring (bicyclic) bond motifs is 9. The quantitative estimate of drug-likeness (QED) is 0.519. The maximum Gasteiger partial charge on any atom is 0.449 e. The summed E-state index contributed by atoms with van der Waals surface area (Å²) < 4.78 is 61.9. The average Bonchev–Trinajstić information content (AvgIpc) is 3.50. The van der Waals surface area contributed by atoms with Crippen molar-refractivity contribution in [2.24, 2.45) is 4.99 Å². The fraction of sp³-hybridized carbons (Fsp3) is 0.227. The predicted molar refractivity (Wildman–Crippen MR) is 102 cm³/mol. The first-order chi connectivity index (χ1) is 14.9. The van der Waals surface area contributed by atoms with E-state index < -0.39 is 17.4 Å². The number of aliphatic imine (C=N–C) groups is 1. The van der Waals surface area contributed by atoms with Gasteiger partial charge in [-0.25, -0.2) is 0 Å². The van der Waals surface area contributed by atoms with Crippen molar-refractivity contribution in [1.29, 1.82) is 0 Å². The highest BCUT2D eigenvalue weighted by Gasteiger charge is 2.57. The van der Waals surface area contributed by atoms with Crippen molar-refractivity contribution >= 4 is 17.4 Å². The topological polar surface area (TPSA) is 56.4 Å². The second-order valence-electron chi connectivity index (χ2n) is 7.87. The van der Waals surface area contributed by atoms with Gasteiger partial charge >= 0.3 is 6.18 Å². The van der Waals surface area contributed by atoms with Crippen molar-refractivity contribution in [3.8, 4) is 17.2 Å². The van der Waals surface area contributed by atoms with Gasteiger partial charge in [0.2, 0.25) is 18.4 Å². The molecule has 0 saturated carbocycles. The largest absolute Gasteiger partial charge is 0.491 e. The molecule has 4 aliphatic rings. The van der Waals surface area contributed by atoms with Crippen molar-refractivity contribution in [3.63, 3.8) is 0 Å². The number of benzene rings is 2. The van der Waals surface area contributed by atoms with Gasteiger partial charge < -0.3 is 23.5 Å². The predicted octanol–water partition coefficient (Wildman–Crippen LogP) is 4.77. The van der Waals surface area contributed by atoms with Crippen molar-refractivity contribution in [3.05, 3.63) is 64.9 Å². The molecule has 31 heavy (non-hydrogen) atoms. The first-order valence-electron chi connectivity index (χ1n) is 9.68. The van der Waals surface area contributed by atoms with Gasteiger partial charge in [0, 0.05) is 22.9 Å². The van der Waals surface area contributed by atoms with Crippen LogP contribution < -0.4 is 19.1 Å². The van der Waals surface area contributed by atoms with Gasteiger partial charge in [-0.2, -0.15) is 18.2 Å². The molecule has 156 valence electrons. The van der Waals surface area contributed by atoms with Gasteiger partial charge in [-0.15, -0.1) is 0 Å². The Morgan fingerprint density at radius 1 is 0.935 bits per heavy atom. The molecule has 7 rings (SSSR count). The molecular formula is C22H13F3N2O4. The van der Waals surface area contributed by atoms with Crippen LogP contribution in [0.5, 0.6) is 17.2 Å². The summed E-state index contributed by atoms with van der Waals surface area (Å²) in [7, 11) is 0. The molecule has 1 atom stereocenters. The minimum absolute atomic E-state index is 0.0139. The summed E-state index contributed by atoms with van der Waals surface area (Å²) in [5, 5.41) is 0. The zero-order valence-electron chi connectivity index (χ0n) is 15.8. The van der Waals surface area contributed by atoms with Crippen LogP contribution >= 0.6 is 0 Å². The van der Waals surface area contributed by atoms with Crippen molar-refractivity contribution < 1.29 is 31.8 Å². The van der Waals surface area contributed by atoms with Crippen LogP contribution in [0.4, 0.5) is 24.7 Å². The second-order valence-corrected chi connectivity index (χ2v) is 7.87. The zero-order valence-corrected chi connectivity index (χ0v) is 15.8. The Balaban J connectivity index is 1.48. The summed E-state index contributed by atoms with van der Waals surface area (Å²) in [4.78, 5) is 6.55. The Labute approximate surface area is 173 Å². The van der Waals surface area contributed by atoms with Crippen molar-refractivity contribution in [2.45, 2.75) is 18.1 Å². The third-order valence-electron chi connectivity index (χ3n) is 6.27. The second kappa shape index (κ2) is 5.35. The van der Waals surface area contributed by atoms with Crippen LogP contribution in [0, 0.1) is 0 Å². The summed E-state index contributed by atoms with van der Waals surface area (Å²) in [6.07, 6.45) is -4.57.